The molecule has 2 rings (SSSR count). The summed E-state index contributed by atoms with van der Waals surface area (Å²) in [6.45, 7) is 1.82. The Morgan fingerprint density at radius 2 is 2.15 bits per heavy atom. The van der Waals surface area contributed by atoms with Crippen LogP contribution in [0.4, 0.5) is 0 Å². The summed E-state index contributed by atoms with van der Waals surface area (Å²) in [6.07, 6.45) is 7.85. The summed E-state index contributed by atoms with van der Waals surface area (Å²) in [5.74, 6) is 0.0426. The monoisotopic (exact) mass is 358 g/mol. The van der Waals surface area contributed by atoms with Gasteiger partial charge in [-0.25, -0.2) is 0 Å². The number of nitrogens with zero attached hydrogens (tertiary/aromatic N) is 1. The summed E-state index contributed by atoms with van der Waals surface area (Å²) in [4.78, 5) is 15.1. The molecule has 1 aliphatic rings. The van der Waals surface area contributed by atoms with Crippen molar-refractivity contribution in [3.05, 3.63) is 20.8 Å². The lowest BCUT2D eigenvalue weighted by atomic mass is 9.94. The van der Waals surface area contributed by atoms with Gasteiger partial charge in [0, 0.05) is 12.6 Å². The first kappa shape index (κ1) is 16.0. The number of carbonyl (C=O) groups is 1. The number of halogens is 1. The van der Waals surface area contributed by atoms with Gasteiger partial charge in [-0.05, 0) is 60.9 Å². The number of carbonyl (C=O) groups excluding carboxylic acids is 1. The number of hydrogen-bond donors (Lipinski definition) is 1. The maximum atomic E-state index is 11.9. The molecule has 0 bridgehead atoms. The zero-order valence-electron chi connectivity index (χ0n) is 12.0. The second-order valence-corrected chi connectivity index (χ2v) is 7.95. The Morgan fingerprint density at radius 3 is 2.80 bits per heavy atom. The van der Waals surface area contributed by atoms with Crippen molar-refractivity contribution in [2.75, 3.05) is 20.1 Å². The lowest BCUT2D eigenvalue weighted by Crippen LogP contribution is -2.35. The fourth-order valence-electron chi connectivity index (χ4n) is 2.76. The van der Waals surface area contributed by atoms with Crippen molar-refractivity contribution in [1.29, 1.82) is 0 Å². The summed E-state index contributed by atoms with van der Waals surface area (Å²) in [6, 6.07) is 4.53. The highest BCUT2D eigenvalue weighted by Crippen LogP contribution is 2.22. The van der Waals surface area contributed by atoms with Crippen LogP contribution in [-0.4, -0.2) is 37.0 Å². The molecule has 1 fully saturated rings. The van der Waals surface area contributed by atoms with Crippen LogP contribution in [0.2, 0.25) is 0 Å². The van der Waals surface area contributed by atoms with Gasteiger partial charge in [0.25, 0.3) is 5.91 Å². The third-order valence-corrected chi connectivity index (χ3v) is 5.59. The first-order valence-corrected chi connectivity index (χ1v) is 9.01. The second kappa shape index (κ2) is 8.15. The predicted octanol–water partition coefficient (Wildman–Crippen LogP) is 3.90. The summed E-state index contributed by atoms with van der Waals surface area (Å²) < 4.78 is 1.000. The van der Waals surface area contributed by atoms with E-state index in [1.165, 1.54) is 43.4 Å². The van der Waals surface area contributed by atoms with Crippen LogP contribution in [0.1, 0.15) is 48.2 Å². The minimum absolute atomic E-state index is 0.0426. The topological polar surface area (TPSA) is 32.3 Å². The average Bonchev–Trinajstić information content (AvgIpc) is 2.91. The number of nitrogens with one attached hydrogen (secondary N) is 1. The molecule has 1 aromatic heterocycles. The molecule has 112 valence electrons. The normalized spacial score (nSPS) is 16.6. The number of thiophene rings is 1. The second-order valence-electron chi connectivity index (χ2n) is 5.49. The Kier molecular flexibility index (Phi) is 6.52. The van der Waals surface area contributed by atoms with Crippen molar-refractivity contribution < 1.29 is 4.79 Å². The van der Waals surface area contributed by atoms with Gasteiger partial charge in [0.2, 0.25) is 0 Å². The van der Waals surface area contributed by atoms with Crippen molar-refractivity contribution in [3.8, 4) is 0 Å². The molecule has 1 aliphatic carbocycles. The predicted molar refractivity (Wildman–Crippen MR) is 88.5 cm³/mol. The lowest BCUT2D eigenvalue weighted by molar-refractivity contribution is 0.0954. The van der Waals surface area contributed by atoms with E-state index >= 15 is 0 Å². The Morgan fingerprint density at radius 1 is 1.40 bits per heavy atom. The van der Waals surface area contributed by atoms with Gasteiger partial charge < -0.3 is 10.2 Å². The van der Waals surface area contributed by atoms with Gasteiger partial charge >= 0.3 is 0 Å². The van der Waals surface area contributed by atoms with Crippen LogP contribution in [-0.2, 0) is 0 Å². The molecule has 0 aromatic carbocycles. The summed E-state index contributed by atoms with van der Waals surface area (Å²) in [5.41, 5.74) is 0. The van der Waals surface area contributed by atoms with E-state index in [0.717, 1.165) is 34.2 Å². The van der Waals surface area contributed by atoms with Gasteiger partial charge in [0.05, 0.1) is 8.66 Å². The van der Waals surface area contributed by atoms with Crippen LogP contribution >= 0.6 is 27.3 Å². The third-order valence-electron chi connectivity index (χ3n) is 3.97. The van der Waals surface area contributed by atoms with Crippen LogP contribution in [0.25, 0.3) is 0 Å². The van der Waals surface area contributed by atoms with Gasteiger partial charge in [0.15, 0.2) is 0 Å². The minimum Gasteiger partial charge on any atom is -0.351 e. The first-order chi connectivity index (χ1) is 9.66. The van der Waals surface area contributed by atoms with Gasteiger partial charge in [-0.1, -0.05) is 19.3 Å². The molecule has 0 unspecified atom stereocenters. The summed E-state index contributed by atoms with van der Waals surface area (Å²) in [5, 5.41) is 2.99. The maximum absolute atomic E-state index is 11.9. The fraction of sp³-hybridized carbons (Fsp3) is 0.667. The van der Waals surface area contributed by atoms with E-state index in [4.69, 9.17) is 0 Å². The molecule has 0 saturated heterocycles. The average molecular weight is 359 g/mol. The fourth-order valence-corrected chi connectivity index (χ4v) is 4.06. The standard InChI is InChI=1S/C15H23BrN2OS/c1-18(12-6-3-2-4-7-12)11-5-10-17-15(19)13-8-9-14(16)20-13/h8-9,12H,2-7,10-11H2,1H3,(H,17,19). The van der Waals surface area contributed by atoms with Gasteiger partial charge in [-0.2, -0.15) is 0 Å². The highest BCUT2D eigenvalue weighted by molar-refractivity contribution is 9.11. The molecule has 0 aliphatic heterocycles. The number of hydrogen-bond acceptors (Lipinski definition) is 3. The van der Waals surface area contributed by atoms with Gasteiger partial charge in [-0.15, -0.1) is 11.3 Å². The molecule has 1 N–H and O–H groups in total. The van der Waals surface area contributed by atoms with E-state index in [0.29, 0.717) is 0 Å². The van der Waals surface area contributed by atoms with E-state index < -0.39 is 0 Å². The minimum atomic E-state index is 0.0426. The van der Waals surface area contributed by atoms with Gasteiger partial charge in [-0.3, -0.25) is 4.79 Å². The summed E-state index contributed by atoms with van der Waals surface area (Å²) in [7, 11) is 2.22. The lowest BCUT2D eigenvalue weighted by Gasteiger charge is -2.31. The SMILES string of the molecule is CN(CCCNC(=O)c1ccc(Br)s1)C1CCCCC1. The highest BCUT2D eigenvalue weighted by atomic mass is 79.9. The highest BCUT2D eigenvalue weighted by Gasteiger charge is 2.17. The molecule has 5 heteroatoms. The van der Waals surface area contributed by atoms with E-state index in [-0.39, 0.29) is 5.91 Å². The summed E-state index contributed by atoms with van der Waals surface area (Å²) >= 11 is 4.85. The van der Waals surface area contributed by atoms with Crippen LogP contribution in [0.3, 0.4) is 0 Å². The van der Waals surface area contributed by atoms with E-state index in [1.807, 2.05) is 12.1 Å². The maximum Gasteiger partial charge on any atom is 0.261 e. The van der Waals surface area contributed by atoms with Crippen molar-refractivity contribution in [1.82, 2.24) is 10.2 Å². The molecule has 1 saturated carbocycles. The quantitative estimate of drug-likeness (QED) is 0.782. The van der Waals surface area contributed by atoms with E-state index in [9.17, 15) is 4.79 Å². The molecule has 0 radical (unpaired) electrons. The molecule has 3 nitrogen and oxygen atoms in total. The van der Waals surface area contributed by atoms with Crippen LogP contribution in [0.15, 0.2) is 15.9 Å². The zero-order valence-corrected chi connectivity index (χ0v) is 14.4. The van der Waals surface area contributed by atoms with E-state index in [1.54, 1.807) is 0 Å². The zero-order chi connectivity index (χ0) is 14.4. The van der Waals surface area contributed by atoms with Crippen molar-refractivity contribution in [2.45, 2.75) is 44.6 Å². The Bertz CT molecular complexity index is 429. The van der Waals surface area contributed by atoms with Crippen LogP contribution < -0.4 is 5.32 Å². The molecule has 1 heterocycles. The molecular weight excluding hydrogens is 336 g/mol. The van der Waals surface area contributed by atoms with Crippen molar-refractivity contribution >= 4 is 33.2 Å². The Balaban J connectivity index is 1.62. The number of rotatable bonds is 6. The smallest absolute Gasteiger partial charge is 0.261 e. The molecule has 1 amide bonds. The Hall–Kier alpha value is -0.390. The molecule has 20 heavy (non-hydrogen) atoms. The molecule has 0 atom stereocenters. The largest absolute Gasteiger partial charge is 0.351 e. The molecule has 0 spiro atoms. The van der Waals surface area contributed by atoms with E-state index in [2.05, 4.69) is 33.2 Å². The third kappa shape index (κ3) is 4.86. The van der Waals surface area contributed by atoms with Crippen LogP contribution in [0.5, 0.6) is 0 Å². The molecule has 1 aromatic rings. The number of amides is 1. The van der Waals surface area contributed by atoms with Gasteiger partial charge in [0.1, 0.15) is 0 Å². The van der Waals surface area contributed by atoms with Crippen molar-refractivity contribution in [3.63, 3.8) is 0 Å². The Labute approximate surface area is 133 Å². The van der Waals surface area contributed by atoms with Crippen molar-refractivity contribution in [2.24, 2.45) is 0 Å². The first-order valence-electron chi connectivity index (χ1n) is 7.40. The van der Waals surface area contributed by atoms with Crippen LogP contribution in [0, 0.1) is 0 Å². The molecular formula is C15H23BrN2OS.